The number of nitrogens with zero attached hydrogens (tertiary/aromatic N) is 4. The van der Waals surface area contributed by atoms with Crippen molar-refractivity contribution in [2.24, 2.45) is 4.99 Å². The zero-order valence-corrected chi connectivity index (χ0v) is 21.5. The van der Waals surface area contributed by atoms with E-state index in [0.717, 1.165) is 65.0 Å². The van der Waals surface area contributed by atoms with Gasteiger partial charge in [0.05, 0.1) is 38.0 Å². The molecule has 0 saturated carbocycles. The lowest BCUT2D eigenvalue weighted by molar-refractivity contribution is -0.0502. The van der Waals surface area contributed by atoms with Crippen molar-refractivity contribution in [3.8, 4) is 0 Å². The fraction of sp³-hybridized carbons (Fsp3) is 0.708. The molecule has 1 aromatic rings. The van der Waals surface area contributed by atoms with Crippen LogP contribution >= 0.6 is 24.0 Å². The van der Waals surface area contributed by atoms with Gasteiger partial charge >= 0.3 is 0 Å². The van der Waals surface area contributed by atoms with Crippen LogP contribution in [0.2, 0.25) is 0 Å². The van der Waals surface area contributed by atoms with Gasteiger partial charge in [-0.15, -0.1) is 24.0 Å². The van der Waals surface area contributed by atoms with Crippen LogP contribution in [0.1, 0.15) is 25.3 Å². The zero-order valence-electron chi connectivity index (χ0n) is 19.2. The smallest absolute Gasteiger partial charge is 0.194 e. The van der Waals surface area contributed by atoms with Crippen LogP contribution in [0.25, 0.3) is 0 Å². The highest BCUT2D eigenvalue weighted by molar-refractivity contribution is 14.0. The van der Waals surface area contributed by atoms with Crippen LogP contribution in [0, 0.1) is 0 Å². The fourth-order valence-electron chi connectivity index (χ4n) is 5.56. The summed E-state index contributed by atoms with van der Waals surface area (Å²) in [4.78, 5) is 12.6. The van der Waals surface area contributed by atoms with E-state index >= 15 is 0 Å². The Morgan fingerprint density at radius 3 is 2.84 bits per heavy atom. The first kappa shape index (κ1) is 24.2. The number of benzene rings is 1. The molecule has 32 heavy (non-hydrogen) atoms. The number of fused-ring (bicyclic) bond motifs is 2. The molecule has 4 heterocycles. The molecule has 0 aliphatic carbocycles. The maximum atomic E-state index is 6.17. The third-order valence-corrected chi connectivity index (χ3v) is 7.19. The van der Waals surface area contributed by atoms with E-state index in [-0.39, 0.29) is 36.2 Å². The molecule has 4 atom stereocenters. The minimum absolute atomic E-state index is 0. The van der Waals surface area contributed by atoms with Gasteiger partial charge in [-0.25, -0.2) is 0 Å². The Hall–Kier alpha value is -0.940. The molecule has 0 spiro atoms. The molecule has 1 N–H and O–H groups in total. The van der Waals surface area contributed by atoms with Crippen LogP contribution in [0.5, 0.6) is 0 Å². The van der Waals surface area contributed by atoms with Crippen molar-refractivity contribution in [1.82, 2.24) is 20.0 Å². The van der Waals surface area contributed by atoms with Crippen LogP contribution in [0.15, 0.2) is 35.3 Å². The van der Waals surface area contributed by atoms with Gasteiger partial charge < -0.3 is 19.7 Å². The molecule has 1 aromatic carbocycles. The van der Waals surface area contributed by atoms with Crippen molar-refractivity contribution in [3.63, 3.8) is 0 Å². The SMILES string of the molecule is CCNC(=NCC1CN2CCCC2CO1)N1CC2OCCN(Cc3ccccc3)C2C1.I. The van der Waals surface area contributed by atoms with E-state index in [1.807, 2.05) is 0 Å². The van der Waals surface area contributed by atoms with Gasteiger partial charge in [-0.2, -0.15) is 0 Å². The fourth-order valence-corrected chi connectivity index (χ4v) is 5.56. The van der Waals surface area contributed by atoms with Gasteiger partial charge in [-0.05, 0) is 31.9 Å². The third kappa shape index (κ3) is 5.58. The molecule has 8 heteroatoms. The molecule has 0 aromatic heterocycles. The second-order valence-electron chi connectivity index (χ2n) is 9.28. The molecule has 178 valence electrons. The van der Waals surface area contributed by atoms with E-state index in [0.29, 0.717) is 12.1 Å². The van der Waals surface area contributed by atoms with E-state index in [4.69, 9.17) is 14.5 Å². The third-order valence-electron chi connectivity index (χ3n) is 7.19. The summed E-state index contributed by atoms with van der Waals surface area (Å²) in [6.07, 6.45) is 3.05. The van der Waals surface area contributed by atoms with Crippen molar-refractivity contribution in [1.29, 1.82) is 0 Å². The second kappa shape index (κ2) is 11.5. The molecule has 5 rings (SSSR count). The minimum Gasteiger partial charge on any atom is -0.373 e. The highest BCUT2D eigenvalue weighted by Crippen LogP contribution is 2.25. The number of hydrogen-bond donors (Lipinski definition) is 1. The van der Waals surface area contributed by atoms with Crippen molar-refractivity contribution in [2.75, 3.05) is 59.0 Å². The molecule has 4 aliphatic heterocycles. The van der Waals surface area contributed by atoms with E-state index < -0.39 is 0 Å². The maximum Gasteiger partial charge on any atom is 0.194 e. The molecule has 4 aliphatic rings. The number of hydrogen-bond acceptors (Lipinski definition) is 5. The van der Waals surface area contributed by atoms with Crippen LogP contribution in [-0.2, 0) is 16.0 Å². The van der Waals surface area contributed by atoms with Crippen molar-refractivity contribution < 1.29 is 9.47 Å². The summed E-state index contributed by atoms with van der Waals surface area (Å²) in [5, 5.41) is 3.52. The largest absolute Gasteiger partial charge is 0.373 e. The van der Waals surface area contributed by atoms with Gasteiger partial charge in [0, 0.05) is 45.3 Å². The number of rotatable bonds is 5. The molecular formula is C24H38IN5O2. The van der Waals surface area contributed by atoms with Gasteiger partial charge in [0.25, 0.3) is 0 Å². The number of halogens is 1. The second-order valence-corrected chi connectivity index (χ2v) is 9.28. The Morgan fingerprint density at radius 1 is 1.12 bits per heavy atom. The first-order valence-electron chi connectivity index (χ1n) is 12.1. The standard InChI is InChI=1S/C24H37N5O2.HI/c1-2-25-24(26-13-21-15-27-10-6-9-20(27)18-31-21)29-16-22-23(17-29)30-12-11-28(22)14-19-7-4-3-5-8-19;/h3-5,7-8,20-23H,2,6,9-18H2,1H3,(H,25,26);1H. The Bertz CT molecular complexity index is 751. The van der Waals surface area contributed by atoms with Crippen LogP contribution in [-0.4, -0.2) is 104 Å². The topological polar surface area (TPSA) is 52.6 Å². The van der Waals surface area contributed by atoms with Crippen molar-refractivity contribution >= 4 is 29.9 Å². The number of nitrogens with one attached hydrogen (secondary N) is 1. The minimum atomic E-state index is 0. The van der Waals surface area contributed by atoms with Gasteiger partial charge in [-0.3, -0.25) is 14.8 Å². The predicted octanol–water partition coefficient (Wildman–Crippen LogP) is 2.02. The summed E-state index contributed by atoms with van der Waals surface area (Å²) < 4.78 is 12.3. The summed E-state index contributed by atoms with van der Waals surface area (Å²) in [6.45, 7) is 11.5. The molecule has 4 saturated heterocycles. The highest BCUT2D eigenvalue weighted by atomic mass is 127. The quantitative estimate of drug-likeness (QED) is 0.341. The number of guanidine groups is 1. The molecular weight excluding hydrogens is 517 g/mol. The summed E-state index contributed by atoms with van der Waals surface area (Å²) in [5.41, 5.74) is 1.37. The van der Waals surface area contributed by atoms with E-state index in [2.05, 4.69) is 57.3 Å². The average Bonchev–Trinajstić information content (AvgIpc) is 3.44. The zero-order chi connectivity index (χ0) is 21.0. The number of ether oxygens (including phenoxy) is 2. The normalized spacial score (nSPS) is 31.2. The van der Waals surface area contributed by atoms with Gasteiger partial charge in [-0.1, -0.05) is 30.3 Å². The monoisotopic (exact) mass is 555 g/mol. The number of likely N-dealkylation sites (tertiary alicyclic amines) is 1. The first-order chi connectivity index (χ1) is 15.3. The Kier molecular flexibility index (Phi) is 8.67. The number of morpholine rings is 2. The molecule has 0 bridgehead atoms. The molecule has 4 unspecified atom stereocenters. The predicted molar refractivity (Wildman–Crippen MR) is 138 cm³/mol. The van der Waals surface area contributed by atoms with Crippen molar-refractivity contribution in [2.45, 2.75) is 50.6 Å². The van der Waals surface area contributed by atoms with Gasteiger partial charge in [0.15, 0.2) is 5.96 Å². The Morgan fingerprint density at radius 2 is 2.00 bits per heavy atom. The summed E-state index contributed by atoms with van der Waals surface area (Å²) in [7, 11) is 0. The molecule has 7 nitrogen and oxygen atoms in total. The lowest BCUT2D eigenvalue weighted by Gasteiger charge is -2.36. The molecule has 0 radical (unpaired) electrons. The first-order valence-corrected chi connectivity index (χ1v) is 12.1. The summed E-state index contributed by atoms with van der Waals surface area (Å²) >= 11 is 0. The number of aliphatic imine (C=N–C) groups is 1. The Labute approximate surface area is 209 Å². The van der Waals surface area contributed by atoms with E-state index in [1.54, 1.807) is 0 Å². The highest BCUT2D eigenvalue weighted by Gasteiger charge is 2.41. The lowest BCUT2D eigenvalue weighted by atomic mass is 10.1. The molecule has 4 fully saturated rings. The molecule has 0 amide bonds. The summed E-state index contributed by atoms with van der Waals surface area (Å²) in [6, 6.07) is 11.8. The van der Waals surface area contributed by atoms with Crippen molar-refractivity contribution in [3.05, 3.63) is 35.9 Å². The summed E-state index contributed by atoms with van der Waals surface area (Å²) in [5.74, 6) is 1.01. The van der Waals surface area contributed by atoms with Crippen LogP contribution < -0.4 is 5.32 Å². The van der Waals surface area contributed by atoms with E-state index in [1.165, 1.54) is 24.9 Å². The van der Waals surface area contributed by atoms with E-state index in [9.17, 15) is 0 Å². The maximum absolute atomic E-state index is 6.17. The average molecular weight is 556 g/mol. The lowest BCUT2D eigenvalue weighted by Crippen LogP contribution is -2.50. The van der Waals surface area contributed by atoms with Crippen LogP contribution in [0.4, 0.5) is 0 Å². The van der Waals surface area contributed by atoms with Gasteiger partial charge in [0.2, 0.25) is 0 Å². The van der Waals surface area contributed by atoms with Crippen LogP contribution in [0.3, 0.4) is 0 Å². The Balaban J connectivity index is 0.00000245. The van der Waals surface area contributed by atoms with Gasteiger partial charge in [0.1, 0.15) is 0 Å².